The monoisotopic (exact) mass is 389 g/mol. The second-order valence-electron chi connectivity index (χ2n) is 4.67. The molecule has 2 atom stereocenters. The molecule has 7 heteroatoms. The number of thiophene rings is 1. The fraction of sp³-hybridized carbons (Fsp3) is 0.286. The molecule has 0 bridgehead atoms. The molecule has 2 aromatic rings. The molecule has 114 valence electrons. The average molecular weight is 390 g/mol. The van der Waals surface area contributed by atoms with Crippen molar-refractivity contribution in [1.82, 2.24) is 4.72 Å². The SMILES string of the molecule is C[C@H](c1ccccc1)[C@@H](CO)NS(=O)(=O)c1ccc(Br)s1. The molecule has 4 nitrogen and oxygen atoms in total. The zero-order valence-electron chi connectivity index (χ0n) is 11.4. The van der Waals surface area contributed by atoms with Crippen LogP contribution in [0.15, 0.2) is 50.5 Å². The maximum absolute atomic E-state index is 12.3. The molecule has 0 saturated heterocycles. The van der Waals surface area contributed by atoms with E-state index in [1.165, 1.54) is 0 Å². The molecule has 0 amide bonds. The van der Waals surface area contributed by atoms with Gasteiger partial charge in [0.2, 0.25) is 10.0 Å². The van der Waals surface area contributed by atoms with E-state index >= 15 is 0 Å². The molecule has 0 aliphatic heterocycles. The highest BCUT2D eigenvalue weighted by atomic mass is 79.9. The Kier molecular flexibility index (Phi) is 5.56. The van der Waals surface area contributed by atoms with Crippen molar-refractivity contribution >= 4 is 37.3 Å². The molecule has 0 radical (unpaired) electrons. The van der Waals surface area contributed by atoms with Crippen molar-refractivity contribution in [2.24, 2.45) is 0 Å². The Labute approximate surface area is 137 Å². The topological polar surface area (TPSA) is 66.4 Å². The van der Waals surface area contributed by atoms with E-state index in [9.17, 15) is 13.5 Å². The number of halogens is 1. The van der Waals surface area contributed by atoms with Gasteiger partial charge in [-0.05, 0) is 39.5 Å². The van der Waals surface area contributed by atoms with Gasteiger partial charge < -0.3 is 5.11 Å². The van der Waals surface area contributed by atoms with E-state index in [4.69, 9.17) is 0 Å². The van der Waals surface area contributed by atoms with Crippen LogP contribution >= 0.6 is 27.3 Å². The number of aliphatic hydroxyl groups is 1. The molecule has 0 unspecified atom stereocenters. The Balaban J connectivity index is 2.19. The van der Waals surface area contributed by atoms with Crippen molar-refractivity contribution in [3.63, 3.8) is 0 Å². The third-order valence-electron chi connectivity index (χ3n) is 3.25. The maximum atomic E-state index is 12.3. The maximum Gasteiger partial charge on any atom is 0.250 e. The van der Waals surface area contributed by atoms with Gasteiger partial charge in [0.1, 0.15) is 4.21 Å². The third kappa shape index (κ3) is 4.14. The van der Waals surface area contributed by atoms with Crippen LogP contribution in [0.5, 0.6) is 0 Å². The smallest absolute Gasteiger partial charge is 0.250 e. The van der Waals surface area contributed by atoms with Gasteiger partial charge in [0.25, 0.3) is 0 Å². The van der Waals surface area contributed by atoms with Gasteiger partial charge in [0.15, 0.2) is 0 Å². The summed E-state index contributed by atoms with van der Waals surface area (Å²) in [6, 6.07) is 12.2. The molecular weight excluding hydrogens is 374 g/mol. The van der Waals surface area contributed by atoms with Crippen LogP contribution < -0.4 is 4.72 Å². The van der Waals surface area contributed by atoms with Gasteiger partial charge in [-0.3, -0.25) is 0 Å². The summed E-state index contributed by atoms with van der Waals surface area (Å²) < 4.78 is 28.2. The minimum atomic E-state index is -3.63. The van der Waals surface area contributed by atoms with Crippen LogP contribution in [0.25, 0.3) is 0 Å². The van der Waals surface area contributed by atoms with Crippen LogP contribution in [0.3, 0.4) is 0 Å². The van der Waals surface area contributed by atoms with Crippen molar-refractivity contribution in [3.05, 3.63) is 51.8 Å². The number of hydrogen-bond acceptors (Lipinski definition) is 4. The van der Waals surface area contributed by atoms with E-state index in [0.717, 1.165) is 20.7 Å². The number of sulfonamides is 1. The summed E-state index contributed by atoms with van der Waals surface area (Å²) in [5, 5.41) is 9.54. The Hall–Kier alpha value is -0.730. The van der Waals surface area contributed by atoms with Gasteiger partial charge >= 0.3 is 0 Å². The molecule has 0 spiro atoms. The normalized spacial score (nSPS) is 14.8. The fourth-order valence-corrected chi connectivity index (χ4v) is 5.32. The van der Waals surface area contributed by atoms with Crippen LogP contribution in [0.4, 0.5) is 0 Å². The molecule has 2 rings (SSSR count). The summed E-state index contributed by atoms with van der Waals surface area (Å²) in [5.74, 6) is -0.130. The van der Waals surface area contributed by atoms with Crippen molar-refractivity contribution in [2.75, 3.05) is 6.61 Å². The quantitative estimate of drug-likeness (QED) is 0.797. The Bertz CT molecular complexity index is 685. The second-order valence-corrected chi connectivity index (χ2v) is 9.07. The lowest BCUT2D eigenvalue weighted by Gasteiger charge is -2.23. The van der Waals surface area contributed by atoms with E-state index < -0.39 is 16.1 Å². The first-order valence-corrected chi connectivity index (χ1v) is 9.47. The molecule has 0 saturated carbocycles. The molecule has 1 aromatic carbocycles. The molecular formula is C14H16BrNO3S2. The van der Waals surface area contributed by atoms with Gasteiger partial charge in [0.05, 0.1) is 16.4 Å². The number of nitrogens with one attached hydrogen (secondary N) is 1. The fourth-order valence-electron chi connectivity index (χ4n) is 1.99. The highest BCUT2D eigenvalue weighted by Crippen LogP contribution is 2.27. The molecule has 0 aliphatic rings. The first-order chi connectivity index (χ1) is 9.94. The number of benzene rings is 1. The van der Waals surface area contributed by atoms with Crippen LogP contribution in [0.2, 0.25) is 0 Å². The highest BCUT2D eigenvalue weighted by molar-refractivity contribution is 9.11. The van der Waals surface area contributed by atoms with Gasteiger partial charge in [0, 0.05) is 0 Å². The average Bonchev–Trinajstić information content (AvgIpc) is 2.92. The van der Waals surface area contributed by atoms with Crippen LogP contribution in [-0.2, 0) is 10.0 Å². The van der Waals surface area contributed by atoms with E-state index in [2.05, 4.69) is 20.7 Å². The second kappa shape index (κ2) is 7.02. The lowest BCUT2D eigenvalue weighted by Crippen LogP contribution is -2.40. The van der Waals surface area contributed by atoms with Crippen LogP contribution in [-0.4, -0.2) is 26.2 Å². The predicted molar refractivity (Wildman–Crippen MR) is 88.1 cm³/mol. The standard InChI is InChI=1S/C14H16BrNO3S2/c1-10(11-5-3-2-4-6-11)12(9-17)16-21(18,19)14-8-7-13(15)20-14/h2-8,10,12,16-17H,9H2,1H3/t10-,12-/m1/s1. The summed E-state index contributed by atoms with van der Waals surface area (Å²) in [6.07, 6.45) is 0. The van der Waals surface area contributed by atoms with Gasteiger partial charge in [-0.2, -0.15) is 0 Å². The molecule has 0 aliphatic carbocycles. The van der Waals surface area contributed by atoms with Crippen molar-refractivity contribution in [2.45, 2.75) is 23.1 Å². The molecule has 2 N–H and O–H groups in total. The molecule has 0 fully saturated rings. The molecule has 1 heterocycles. The van der Waals surface area contributed by atoms with Gasteiger partial charge in [-0.15, -0.1) is 11.3 Å². The van der Waals surface area contributed by atoms with E-state index in [0.29, 0.717) is 0 Å². The minimum Gasteiger partial charge on any atom is -0.395 e. The van der Waals surface area contributed by atoms with Gasteiger partial charge in [-0.1, -0.05) is 37.3 Å². The Morgan fingerprint density at radius 3 is 2.43 bits per heavy atom. The summed E-state index contributed by atoms with van der Waals surface area (Å²) in [5.41, 5.74) is 0.978. The number of rotatable bonds is 6. The zero-order chi connectivity index (χ0) is 15.5. The van der Waals surface area contributed by atoms with Crippen molar-refractivity contribution in [1.29, 1.82) is 0 Å². The minimum absolute atomic E-state index is 0.130. The van der Waals surface area contributed by atoms with Crippen molar-refractivity contribution < 1.29 is 13.5 Å². The molecule has 1 aromatic heterocycles. The lowest BCUT2D eigenvalue weighted by molar-refractivity contribution is 0.242. The zero-order valence-corrected chi connectivity index (χ0v) is 14.6. The predicted octanol–water partition coefficient (Wildman–Crippen LogP) is 2.95. The summed E-state index contributed by atoms with van der Waals surface area (Å²) in [4.78, 5) is 0. The first-order valence-electron chi connectivity index (χ1n) is 6.37. The van der Waals surface area contributed by atoms with Crippen molar-refractivity contribution in [3.8, 4) is 0 Å². The van der Waals surface area contributed by atoms with E-state index in [-0.39, 0.29) is 16.7 Å². The lowest BCUT2D eigenvalue weighted by atomic mass is 9.94. The van der Waals surface area contributed by atoms with Crippen LogP contribution in [0.1, 0.15) is 18.4 Å². The summed E-state index contributed by atoms with van der Waals surface area (Å²) in [7, 11) is -3.63. The first kappa shape index (κ1) is 16.6. The highest BCUT2D eigenvalue weighted by Gasteiger charge is 2.26. The number of hydrogen-bond donors (Lipinski definition) is 2. The largest absolute Gasteiger partial charge is 0.395 e. The molecule has 21 heavy (non-hydrogen) atoms. The third-order valence-corrected chi connectivity index (χ3v) is 6.85. The van der Waals surface area contributed by atoms with Crippen LogP contribution in [0, 0.1) is 0 Å². The number of aliphatic hydroxyl groups excluding tert-OH is 1. The van der Waals surface area contributed by atoms with E-state index in [1.54, 1.807) is 12.1 Å². The Morgan fingerprint density at radius 2 is 1.90 bits per heavy atom. The summed E-state index contributed by atoms with van der Waals surface area (Å²) >= 11 is 4.39. The van der Waals surface area contributed by atoms with E-state index in [1.807, 2.05) is 37.3 Å². The summed E-state index contributed by atoms with van der Waals surface area (Å²) in [6.45, 7) is 1.63. The van der Waals surface area contributed by atoms with Gasteiger partial charge in [-0.25, -0.2) is 13.1 Å². The Morgan fingerprint density at radius 1 is 1.24 bits per heavy atom.